The average Bonchev–Trinajstić information content (AvgIpc) is 3.02. The Hall–Kier alpha value is -2.60. The van der Waals surface area contributed by atoms with E-state index in [2.05, 4.69) is 25.7 Å². The van der Waals surface area contributed by atoms with Crippen molar-refractivity contribution in [2.24, 2.45) is 5.10 Å². The average molecular weight is 281 g/mol. The Kier molecular flexibility index (Phi) is 3.75. The number of anilines is 1. The fourth-order valence-corrected chi connectivity index (χ4v) is 2.20. The summed E-state index contributed by atoms with van der Waals surface area (Å²) in [6.07, 6.45) is 3.35. The number of nitrogens with one attached hydrogen (secondary N) is 1. The van der Waals surface area contributed by atoms with Crippen LogP contribution in [-0.4, -0.2) is 21.4 Å². The lowest BCUT2D eigenvalue weighted by Gasteiger charge is -2.01. The molecule has 5 nitrogen and oxygen atoms in total. The van der Waals surface area contributed by atoms with E-state index >= 15 is 0 Å². The van der Waals surface area contributed by atoms with Crippen molar-refractivity contribution in [1.82, 2.24) is 15.2 Å². The van der Waals surface area contributed by atoms with Gasteiger partial charge in [0.15, 0.2) is 0 Å². The molecule has 0 radical (unpaired) electrons. The number of hydrogen-bond donors (Lipinski definition) is 1. The van der Waals surface area contributed by atoms with Crippen LogP contribution >= 0.6 is 11.3 Å². The summed E-state index contributed by atoms with van der Waals surface area (Å²) in [7, 11) is 0. The molecule has 20 heavy (non-hydrogen) atoms. The van der Waals surface area contributed by atoms with Gasteiger partial charge in [0.25, 0.3) is 5.95 Å². The zero-order valence-corrected chi connectivity index (χ0v) is 11.3. The second-order valence-electron chi connectivity index (χ2n) is 3.92. The number of thiophene rings is 1. The molecule has 0 aliphatic carbocycles. The lowest BCUT2D eigenvalue weighted by molar-refractivity contribution is 0.967. The van der Waals surface area contributed by atoms with Crippen molar-refractivity contribution < 1.29 is 0 Å². The van der Waals surface area contributed by atoms with E-state index < -0.39 is 0 Å². The van der Waals surface area contributed by atoms with Crippen molar-refractivity contribution in [1.29, 1.82) is 0 Å². The molecule has 1 aromatic carbocycles. The van der Waals surface area contributed by atoms with E-state index in [1.165, 1.54) is 0 Å². The molecule has 1 N–H and O–H groups in total. The Labute approximate surface area is 120 Å². The van der Waals surface area contributed by atoms with Gasteiger partial charge in [-0.05, 0) is 11.4 Å². The summed E-state index contributed by atoms with van der Waals surface area (Å²) < 4.78 is 0. The molecule has 0 atom stereocenters. The Morgan fingerprint density at radius 2 is 2.00 bits per heavy atom. The van der Waals surface area contributed by atoms with Crippen molar-refractivity contribution in [2.75, 3.05) is 5.43 Å². The summed E-state index contributed by atoms with van der Waals surface area (Å²) in [5.74, 6) is 0.374. The van der Waals surface area contributed by atoms with Gasteiger partial charge in [-0.3, -0.25) is 0 Å². The highest BCUT2D eigenvalue weighted by Crippen LogP contribution is 2.15. The number of rotatable bonds is 4. The molecule has 0 aliphatic rings. The quantitative estimate of drug-likeness (QED) is 0.589. The molecule has 0 bridgehead atoms. The second-order valence-corrected chi connectivity index (χ2v) is 4.90. The van der Waals surface area contributed by atoms with Crippen LogP contribution in [0.4, 0.5) is 5.95 Å². The molecule has 0 saturated heterocycles. The largest absolute Gasteiger partial charge is 0.263 e. The van der Waals surface area contributed by atoms with Gasteiger partial charge in [0.2, 0.25) is 0 Å². The third kappa shape index (κ3) is 3.04. The standard InChI is InChI=1S/C14H11N5S/c1-2-5-11(6-3-1)13-10-16-19-14(17-13)18-15-9-12-7-4-8-20-12/h1-10H,(H,17,18,19). The molecule has 3 aromatic rings. The highest BCUT2D eigenvalue weighted by Gasteiger charge is 2.01. The smallest absolute Gasteiger partial charge is 0.244 e. The topological polar surface area (TPSA) is 63.1 Å². The molecule has 6 heteroatoms. The van der Waals surface area contributed by atoms with Gasteiger partial charge in [-0.1, -0.05) is 36.4 Å². The van der Waals surface area contributed by atoms with Gasteiger partial charge in [0, 0.05) is 10.4 Å². The molecule has 2 aromatic heterocycles. The van der Waals surface area contributed by atoms with Crippen LogP contribution in [0, 0.1) is 0 Å². The molecular formula is C14H11N5S. The first-order valence-corrected chi connectivity index (χ1v) is 6.87. The Morgan fingerprint density at radius 1 is 1.10 bits per heavy atom. The molecule has 0 fully saturated rings. The van der Waals surface area contributed by atoms with Gasteiger partial charge in [0.1, 0.15) is 0 Å². The van der Waals surface area contributed by atoms with Crippen molar-refractivity contribution in [3.63, 3.8) is 0 Å². The summed E-state index contributed by atoms with van der Waals surface area (Å²) in [4.78, 5) is 5.43. The summed E-state index contributed by atoms with van der Waals surface area (Å²) in [6, 6.07) is 13.8. The summed E-state index contributed by atoms with van der Waals surface area (Å²) in [5, 5.41) is 13.9. The van der Waals surface area contributed by atoms with E-state index in [0.29, 0.717) is 5.95 Å². The molecule has 0 saturated carbocycles. The fourth-order valence-electron chi connectivity index (χ4n) is 1.62. The first kappa shape index (κ1) is 12.4. The van der Waals surface area contributed by atoms with E-state index in [-0.39, 0.29) is 0 Å². The maximum atomic E-state index is 4.37. The highest BCUT2D eigenvalue weighted by molar-refractivity contribution is 7.11. The third-order valence-corrected chi connectivity index (χ3v) is 3.33. The van der Waals surface area contributed by atoms with Gasteiger partial charge >= 0.3 is 0 Å². The second kappa shape index (κ2) is 6.03. The predicted molar refractivity (Wildman–Crippen MR) is 80.8 cm³/mol. The van der Waals surface area contributed by atoms with E-state index in [9.17, 15) is 0 Å². The Morgan fingerprint density at radius 3 is 2.80 bits per heavy atom. The number of benzene rings is 1. The lowest BCUT2D eigenvalue weighted by Crippen LogP contribution is -1.99. The van der Waals surface area contributed by atoms with Gasteiger partial charge < -0.3 is 0 Å². The first-order valence-electron chi connectivity index (χ1n) is 5.99. The minimum absolute atomic E-state index is 0.374. The minimum Gasteiger partial charge on any atom is -0.244 e. The molecule has 2 heterocycles. The van der Waals surface area contributed by atoms with Crippen LogP contribution in [0.15, 0.2) is 59.1 Å². The number of nitrogens with zero attached hydrogens (tertiary/aromatic N) is 4. The Bertz CT molecular complexity index is 695. The van der Waals surface area contributed by atoms with Crippen LogP contribution in [0.3, 0.4) is 0 Å². The molecule has 0 aliphatic heterocycles. The van der Waals surface area contributed by atoms with Crippen molar-refractivity contribution in [3.8, 4) is 11.3 Å². The molecule has 0 amide bonds. The Balaban J connectivity index is 1.75. The monoisotopic (exact) mass is 281 g/mol. The summed E-state index contributed by atoms with van der Waals surface area (Å²) in [5.41, 5.74) is 4.54. The maximum Gasteiger partial charge on any atom is 0.263 e. The van der Waals surface area contributed by atoms with Crippen LogP contribution in [0.2, 0.25) is 0 Å². The number of hydrazone groups is 1. The van der Waals surface area contributed by atoms with Gasteiger partial charge in [-0.2, -0.15) is 10.2 Å². The highest BCUT2D eigenvalue weighted by atomic mass is 32.1. The van der Waals surface area contributed by atoms with E-state index in [4.69, 9.17) is 0 Å². The maximum absolute atomic E-state index is 4.37. The molecular weight excluding hydrogens is 270 g/mol. The molecule has 0 spiro atoms. The van der Waals surface area contributed by atoms with Crippen molar-refractivity contribution in [3.05, 3.63) is 58.9 Å². The minimum atomic E-state index is 0.374. The van der Waals surface area contributed by atoms with Gasteiger partial charge in [-0.15, -0.1) is 16.4 Å². The van der Waals surface area contributed by atoms with Crippen molar-refractivity contribution >= 4 is 23.5 Å². The first-order chi connectivity index (χ1) is 9.92. The van der Waals surface area contributed by atoms with E-state index in [1.807, 2.05) is 47.8 Å². The number of hydrogen-bond acceptors (Lipinski definition) is 6. The van der Waals surface area contributed by atoms with Gasteiger partial charge in [0.05, 0.1) is 18.1 Å². The third-order valence-electron chi connectivity index (χ3n) is 2.53. The predicted octanol–water partition coefficient (Wildman–Crippen LogP) is 3.05. The van der Waals surface area contributed by atoms with Crippen molar-refractivity contribution in [2.45, 2.75) is 0 Å². The number of aromatic nitrogens is 3. The summed E-state index contributed by atoms with van der Waals surface area (Å²) >= 11 is 1.61. The zero-order valence-electron chi connectivity index (χ0n) is 10.5. The summed E-state index contributed by atoms with van der Waals surface area (Å²) in [6.45, 7) is 0. The van der Waals surface area contributed by atoms with Crippen LogP contribution in [0.25, 0.3) is 11.3 Å². The normalized spacial score (nSPS) is 10.8. The van der Waals surface area contributed by atoms with E-state index in [0.717, 1.165) is 16.1 Å². The van der Waals surface area contributed by atoms with Gasteiger partial charge in [-0.25, -0.2) is 10.4 Å². The van der Waals surface area contributed by atoms with Crippen LogP contribution in [0.1, 0.15) is 4.88 Å². The SMILES string of the molecule is C(=NNc1nncc(-c2ccccc2)n1)c1cccs1. The lowest BCUT2D eigenvalue weighted by atomic mass is 10.2. The van der Waals surface area contributed by atoms with E-state index in [1.54, 1.807) is 23.7 Å². The van der Waals surface area contributed by atoms with Crippen LogP contribution in [0.5, 0.6) is 0 Å². The molecule has 3 rings (SSSR count). The zero-order chi connectivity index (χ0) is 13.6. The fraction of sp³-hybridized carbons (Fsp3) is 0. The molecule has 98 valence electrons. The van der Waals surface area contributed by atoms with Crippen LogP contribution < -0.4 is 5.43 Å². The van der Waals surface area contributed by atoms with Crippen LogP contribution in [-0.2, 0) is 0 Å². The molecule has 0 unspecified atom stereocenters.